The molecule has 0 aliphatic carbocycles. The fraction of sp³-hybridized carbons (Fsp3) is 0.333. The first-order valence-electron chi connectivity index (χ1n) is 11.0. The number of oxazole rings is 1. The maximum Gasteiger partial charge on any atom is 0.243 e. The average molecular weight is 472 g/mol. The number of rotatable bonds is 8. The van der Waals surface area contributed by atoms with Crippen LogP contribution in [0.3, 0.4) is 0 Å². The predicted molar refractivity (Wildman–Crippen MR) is 121 cm³/mol. The van der Waals surface area contributed by atoms with E-state index < -0.39 is 15.8 Å². The summed E-state index contributed by atoms with van der Waals surface area (Å²) in [5.41, 5.74) is 1.13. The van der Waals surface area contributed by atoms with E-state index in [0.717, 1.165) is 24.8 Å². The highest BCUT2D eigenvalue weighted by Crippen LogP contribution is 2.24. The molecule has 174 valence electrons. The minimum Gasteiger partial charge on any atom is -0.441 e. The van der Waals surface area contributed by atoms with E-state index in [1.807, 2.05) is 0 Å². The van der Waals surface area contributed by atoms with Crippen molar-refractivity contribution in [3.63, 3.8) is 0 Å². The minimum absolute atomic E-state index is 0.165. The molecule has 0 radical (unpaired) electrons. The molecule has 0 unspecified atom stereocenters. The van der Waals surface area contributed by atoms with Crippen LogP contribution in [-0.4, -0.2) is 36.7 Å². The molecule has 1 aliphatic rings. The smallest absolute Gasteiger partial charge is 0.243 e. The molecule has 1 aliphatic heterocycles. The number of aryl methyl sites for hydroxylation is 1. The standard InChI is InChI=1S/C24H26FN3O4S/c25-21-7-3-2-6-20(21)22-17-27-24(32-22)13-12-23(29)26-16-18-8-10-19(11-9-18)33(30,31)28-14-4-1-5-15-28/h2-3,6-11,17H,1,4-5,12-16H2,(H,26,29). The summed E-state index contributed by atoms with van der Waals surface area (Å²) in [5, 5.41) is 2.81. The van der Waals surface area contributed by atoms with Gasteiger partial charge in [-0.2, -0.15) is 4.31 Å². The van der Waals surface area contributed by atoms with E-state index in [1.54, 1.807) is 42.5 Å². The van der Waals surface area contributed by atoms with E-state index in [9.17, 15) is 17.6 Å². The third-order valence-corrected chi connectivity index (χ3v) is 7.54. The second-order valence-electron chi connectivity index (χ2n) is 7.98. The zero-order valence-corrected chi connectivity index (χ0v) is 19.0. The van der Waals surface area contributed by atoms with Gasteiger partial charge < -0.3 is 9.73 Å². The molecule has 33 heavy (non-hydrogen) atoms. The second-order valence-corrected chi connectivity index (χ2v) is 9.92. The Morgan fingerprint density at radius 2 is 1.79 bits per heavy atom. The van der Waals surface area contributed by atoms with Gasteiger partial charge in [0.05, 0.1) is 16.7 Å². The third kappa shape index (κ3) is 5.66. The first-order chi connectivity index (χ1) is 15.9. The van der Waals surface area contributed by atoms with E-state index >= 15 is 0 Å². The fourth-order valence-electron chi connectivity index (χ4n) is 3.75. The highest BCUT2D eigenvalue weighted by Gasteiger charge is 2.25. The van der Waals surface area contributed by atoms with Crippen LogP contribution in [0, 0.1) is 5.82 Å². The number of carbonyl (C=O) groups excluding carboxylic acids is 1. The lowest BCUT2D eigenvalue weighted by atomic mass is 10.2. The Morgan fingerprint density at radius 3 is 2.52 bits per heavy atom. The summed E-state index contributed by atoms with van der Waals surface area (Å²) >= 11 is 0. The second kappa shape index (κ2) is 10.3. The zero-order chi connectivity index (χ0) is 23.3. The van der Waals surface area contributed by atoms with E-state index in [-0.39, 0.29) is 30.2 Å². The van der Waals surface area contributed by atoms with Crippen molar-refractivity contribution in [2.24, 2.45) is 0 Å². The van der Waals surface area contributed by atoms with Crippen molar-refractivity contribution in [1.29, 1.82) is 0 Å². The molecule has 0 atom stereocenters. The summed E-state index contributed by atoms with van der Waals surface area (Å²) in [4.78, 5) is 16.6. The molecule has 0 saturated carbocycles. The lowest BCUT2D eigenvalue weighted by Gasteiger charge is -2.25. The van der Waals surface area contributed by atoms with Crippen LogP contribution in [0.2, 0.25) is 0 Å². The molecule has 2 aromatic carbocycles. The summed E-state index contributed by atoms with van der Waals surface area (Å²) in [7, 11) is -3.47. The molecule has 1 fully saturated rings. The molecule has 4 rings (SSSR count). The average Bonchev–Trinajstić information content (AvgIpc) is 3.31. The van der Waals surface area contributed by atoms with Crippen molar-refractivity contribution in [3.8, 4) is 11.3 Å². The highest BCUT2D eigenvalue weighted by molar-refractivity contribution is 7.89. The fourth-order valence-corrected chi connectivity index (χ4v) is 5.27. The number of nitrogens with one attached hydrogen (secondary N) is 1. The minimum atomic E-state index is -3.47. The van der Waals surface area contributed by atoms with Crippen LogP contribution >= 0.6 is 0 Å². The Bertz CT molecular complexity index is 1200. The van der Waals surface area contributed by atoms with Gasteiger partial charge in [-0.3, -0.25) is 4.79 Å². The van der Waals surface area contributed by atoms with E-state index in [1.165, 1.54) is 16.6 Å². The summed E-state index contributed by atoms with van der Waals surface area (Å²) in [6, 6.07) is 12.9. The maximum absolute atomic E-state index is 13.9. The lowest BCUT2D eigenvalue weighted by Crippen LogP contribution is -2.35. The normalized spacial score (nSPS) is 14.8. The largest absolute Gasteiger partial charge is 0.441 e. The Labute approximate surface area is 192 Å². The highest BCUT2D eigenvalue weighted by atomic mass is 32.2. The van der Waals surface area contributed by atoms with Gasteiger partial charge >= 0.3 is 0 Å². The van der Waals surface area contributed by atoms with Gasteiger partial charge in [0.1, 0.15) is 5.82 Å². The van der Waals surface area contributed by atoms with Crippen molar-refractivity contribution in [1.82, 2.24) is 14.6 Å². The SMILES string of the molecule is O=C(CCc1ncc(-c2ccccc2F)o1)NCc1ccc(S(=O)(=O)N2CCCCC2)cc1. The van der Waals surface area contributed by atoms with Gasteiger partial charge in [0, 0.05) is 32.5 Å². The molecule has 3 aromatic rings. The van der Waals surface area contributed by atoms with Crippen LogP contribution < -0.4 is 5.32 Å². The van der Waals surface area contributed by atoms with Gasteiger partial charge in [0.2, 0.25) is 15.9 Å². The van der Waals surface area contributed by atoms with Crippen molar-refractivity contribution < 1.29 is 22.0 Å². The van der Waals surface area contributed by atoms with Crippen LogP contribution in [0.5, 0.6) is 0 Å². The number of carbonyl (C=O) groups is 1. The monoisotopic (exact) mass is 471 g/mol. The molecule has 1 amide bonds. The van der Waals surface area contributed by atoms with Crippen LogP contribution in [-0.2, 0) is 27.8 Å². The van der Waals surface area contributed by atoms with Gasteiger partial charge in [0.15, 0.2) is 11.7 Å². The zero-order valence-electron chi connectivity index (χ0n) is 18.2. The number of nitrogens with zero attached hydrogens (tertiary/aromatic N) is 2. The Kier molecular flexibility index (Phi) is 7.20. The van der Waals surface area contributed by atoms with Crippen molar-refractivity contribution in [2.75, 3.05) is 13.1 Å². The first kappa shape index (κ1) is 23.1. The van der Waals surface area contributed by atoms with Crippen LogP contribution in [0.4, 0.5) is 4.39 Å². The molecular weight excluding hydrogens is 445 g/mol. The van der Waals surface area contributed by atoms with Crippen LogP contribution in [0.1, 0.15) is 37.1 Å². The molecule has 2 heterocycles. The number of hydrogen-bond donors (Lipinski definition) is 1. The van der Waals surface area contributed by atoms with Gasteiger partial charge in [-0.25, -0.2) is 17.8 Å². The van der Waals surface area contributed by atoms with Gasteiger partial charge in [0.25, 0.3) is 0 Å². The Morgan fingerprint density at radius 1 is 1.06 bits per heavy atom. The quantitative estimate of drug-likeness (QED) is 0.538. The molecule has 7 nitrogen and oxygen atoms in total. The number of sulfonamides is 1. The number of piperidine rings is 1. The van der Waals surface area contributed by atoms with Crippen LogP contribution in [0.25, 0.3) is 11.3 Å². The number of benzene rings is 2. The van der Waals surface area contributed by atoms with Crippen molar-refractivity contribution in [3.05, 3.63) is 72.0 Å². The van der Waals surface area contributed by atoms with Crippen LogP contribution in [0.15, 0.2) is 64.0 Å². The number of aromatic nitrogens is 1. The molecule has 0 spiro atoms. The summed E-state index contributed by atoms with van der Waals surface area (Å²) in [5.74, 6) is 0.0946. The van der Waals surface area contributed by atoms with Crippen molar-refractivity contribution in [2.45, 2.75) is 43.5 Å². The first-order valence-corrected chi connectivity index (χ1v) is 12.4. The molecule has 1 saturated heterocycles. The van der Waals surface area contributed by atoms with Gasteiger partial charge in [-0.05, 0) is 42.7 Å². The van der Waals surface area contributed by atoms with E-state index in [0.29, 0.717) is 30.3 Å². The Hall–Kier alpha value is -3.04. The lowest BCUT2D eigenvalue weighted by molar-refractivity contribution is -0.121. The summed E-state index contributed by atoms with van der Waals surface area (Å²) < 4.78 is 46.4. The topological polar surface area (TPSA) is 92.5 Å². The summed E-state index contributed by atoms with van der Waals surface area (Å²) in [6.45, 7) is 1.41. The summed E-state index contributed by atoms with van der Waals surface area (Å²) in [6.07, 6.45) is 4.74. The van der Waals surface area contributed by atoms with E-state index in [4.69, 9.17) is 4.42 Å². The number of hydrogen-bond acceptors (Lipinski definition) is 5. The molecular formula is C24H26FN3O4S. The van der Waals surface area contributed by atoms with E-state index in [2.05, 4.69) is 10.3 Å². The number of amides is 1. The third-order valence-electron chi connectivity index (χ3n) is 5.62. The van der Waals surface area contributed by atoms with Gasteiger partial charge in [-0.1, -0.05) is 30.7 Å². The van der Waals surface area contributed by atoms with Gasteiger partial charge in [-0.15, -0.1) is 0 Å². The number of halogens is 1. The Balaban J connectivity index is 1.27. The maximum atomic E-state index is 13.9. The molecule has 1 N–H and O–H groups in total. The molecule has 0 bridgehead atoms. The molecule has 1 aromatic heterocycles. The molecule has 9 heteroatoms. The predicted octanol–water partition coefficient (Wildman–Crippen LogP) is 3.90. The van der Waals surface area contributed by atoms with Crippen molar-refractivity contribution >= 4 is 15.9 Å².